The van der Waals surface area contributed by atoms with Crippen LogP contribution in [0.4, 0.5) is 5.69 Å². The molecule has 0 N–H and O–H groups in total. The fourth-order valence-electron chi connectivity index (χ4n) is 3.58. The van der Waals surface area contributed by atoms with Crippen molar-refractivity contribution in [2.75, 3.05) is 4.90 Å². The van der Waals surface area contributed by atoms with Crippen molar-refractivity contribution in [1.82, 2.24) is 0 Å². The van der Waals surface area contributed by atoms with Gasteiger partial charge in [-0.25, -0.2) is 0 Å². The van der Waals surface area contributed by atoms with E-state index in [1.807, 2.05) is 37.3 Å². The zero-order valence-electron chi connectivity index (χ0n) is 14.0. The van der Waals surface area contributed by atoms with Gasteiger partial charge in [-0.2, -0.15) is 0 Å². The molecule has 25 heavy (non-hydrogen) atoms. The number of imide groups is 1. The van der Waals surface area contributed by atoms with Crippen LogP contribution in [-0.4, -0.2) is 11.8 Å². The monoisotopic (exact) mass is 333 g/mol. The summed E-state index contributed by atoms with van der Waals surface area (Å²) >= 11 is 0. The molecule has 2 aliphatic rings. The highest BCUT2D eigenvalue weighted by atomic mass is 16.5. The number of rotatable bonds is 3. The average molecular weight is 333 g/mol. The van der Waals surface area contributed by atoms with Crippen molar-refractivity contribution >= 4 is 17.5 Å². The van der Waals surface area contributed by atoms with E-state index in [0.29, 0.717) is 24.3 Å². The first kappa shape index (κ1) is 15.6. The van der Waals surface area contributed by atoms with Gasteiger partial charge >= 0.3 is 0 Å². The number of para-hydroxylation sites is 1. The van der Waals surface area contributed by atoms with Crippen molar-refractivity contribution in [3.05, 3.63) is 66.2 Å². The third-order valence-electron chi connectivity index (χ3n) is 4.90. The van der Waals surface area contributed by atoms with Crippen molar-refractivity contribution in [3.8, 4) is 11.5 Å². The molecule has 0 aromatic heterocycles. The predicted octanol–water partition coefficient (Wildman–Crippen LogP) is 4.32. The number of fused-ring (bicyclic) bond motifs is 1. The molecule has 1 fully saturated rings. The molecular weight excluding hydrogens is 314 g/mol. The molecule has 4 rings (SSSR count). The molecule has 2 aromatic rings. The Balaban J connectivity index is 1.54. The predicted molar refractivity (Wildman–Crippen MR) is 95.4 cm³/mol. The molecule has 126 valence electrons. The summed E-state index contributed by atoms with van der Waals surface area (Å²) in [5, 5.41) is 0. The van der Waals surface area contributed by atoms with Crippen LogP contribution in [0, 0.1) is 11.8 Å². The first-order valence-electron chi connectivity index (χ1n) is 8.50. The van der Waals surface area contributed by atoms with E-state index < -0.39 is 0 Å². The normalized spacial score (nSPS) is 22.6. The zero-order valence-corrected chi connectivity index (χ0v) is 14.0. The number of benzene rings is 2. The number of hydrogen-bond donors (Lipinski definition) is 0. The molecule has 4 heteroatoms. The minimum Gasteiger partial charge on any atom is -0.457 e. The van der Waals surface area contributed by atoms with Crippen LogP contribution in [0.5, 0.6) is 11.5 Å². The summed E-state index contributed by atoms with van der Waals surface area (Å²) < 4.78 is 5.76. The smallest absolute Gasteiger partial charge is 0.238 e. The van der Waals surface area contributed by atoms with Gasteiger partial charge < -0.3 is 4.74 Å². The Morgan fingerprint density at radius 2 is 1.52 bits per heavy atom. The van der Waals surface area contributed by atoms with Crippen LogP contribution >= 0.6 is 0 Å². The molecule has 0 spiro atoms. The number of carbonyl (C=O) groups excluding carboxylic acids is 2. The van der Waals surface area contributed by atoms with Crippen molar-refractivity contribution in [2.45, 2.75) is 19.8 Å². The van der Waals surface area contributed by atoms with Crippen molar-refractivity contribution in [2.24, 2.45) is 11.8 Å². The molecule has 1 saturated heterocycles. The van der Waals surface area contributed by atoms with E-state index in [0.717, 1.165) is 5.75 Å². The highest BCUT2D eigenvalue weighted by Crippen LogP contribution is 2.40. The second-order valence-electron chi connectivity index (χ2n) is 6.62. The van der Waals surface area contributed by atoms with E-state index in [2.05, 4.69) is 6.08 Å². The number of hydrogen-bond acceptors (Lipinski definition) is 3. The summed E-state index contributed by atoms with van der Waals surface area (Å²) in [6.07, 6.45) is 3.42. The van der Waals surface area contributed by atoms with Gasteiger partial charge in [-0.3, -0.25) is 14.5 Å². The molecule has 2 aromatic carbocycles. The SMILES string of the molecule is CC1=CC[C@H]2C(=O)N(c3ccc(Oc4ccccc4)cc3)C(=O)[C@@H]2C1. The van der Waals surface area contributed by atoms with Gasteiger partial charge in [-0.15, -0.1) is 0 Å². The third-order valence-corrected chi connectivity index (χ3v) is 4.90. The number of ether oxygens (including phenoxy) is 1. The van der Waals surface area contributed by atoms with Gasteiger partial charge in [0.25, 0.3) is 0 Å². The topological polar surface area (TPSA) is 46.6 Å². The van der Waals surface area contributed by atoms with Crippen LogP contribution in [0.25, 0.3) is 0 Å². The average Bonchev–Trinajstić information content (AvgIpc) is 2.87. The molecule has 1 heterocycles. The minimum atomic E-state index is -0.212. The lowest BCUT2D eigenvalue weighted by molar-refractivity contribution is -0.122. The molecule has 4 nitrogen and oxygen atoms in total. The highest BCUT2D eigenvalue weighted by Gasteiger charge is 2.48. The summed E-state index contributed by atoms with van der Waals surface area (Å²) in [7, 11) is 0. The van der Waals surface area contributed by atoms with E-state index in [1.165, 1.54) is 10.5 Å². The number of amides is 2. The van der Waals surface area contributed by atoms with Crippen LogP contribution < -0.4 is 9.64 Å². The van der Waals surface area contributed by atoms with E-state index in [9.17, 15) is 9.59 Å². The Morgan fingerprint density at radius 1 is 0.880 bits per heavy atom. The van der Waals surface area contributed by atoms with Crippen LogP contribution in [-0.2, 0) is 9.59 Å². The summed E-state index contributed by atoms with van der Waals surface area (Å²) in [5.74, 6) is 0.823. The Labute approximate surface area is 146 Å². The van der Waals surface area contributed by atoms with Gasteiger partial charge in [0.05, 0.1) is 17.5 Å². The lowest BCUT2D eigenvalue weighted by Crippen LogP contribution is -2.30. The Bertz CT molecular complexity index is 839. The number of anilines is 1. The van der Waals surface area contributed by atoms with Crippen molar-refractivity contribution in [3.63, 3.8) is 0 Å². The highest BCUT2D eigenvalue weighted by molar-refractivity contribution is 6.22. The summed E-state index contributed by atoms with van der Waals surface area (Å²) in [6, 6.07) is 16.6. The first-order valence-corrected chi connectivity index (χ1v) is 8.50. The summed E-state index contributed by atoms with van der Waals surface area (Å²) in [4.78, 5) is 26.7. The molecular formula is C21H19NO3. The number of carbonyl (C=O) groups is 2. The molecule has 0 bridgehead atoms. The second-order valence-corrected chi connectivity index (χ2v) is 6.62. The minimum absolute atomic E-state index is 0.0841. The Morgan fingerprint density at radius 3 is 2.24 bits per heavy atom. The van der Waals surface area contributed by atoms with E-state index in [1.54, 1.807) is 24.3 Å². The summed E-state index contributed by atoms with van der Waals surface area (Å²) in [5.41, 5.74) is 1.80. The molecule has 0 saturated carbocycles. The maximum absolute atomic E-state index is 12.7. The van der Waals surface area contributed by atoms with Gasteiger partial charge in [-0.1, -0.05) is 29.8 Å². The number of nitrogens with zero attached hydrogens (tertiary/aromatic N) is 1. The lowest BCUT2D eigenvalue weighted by atomic mass is 9.82. The maximum Gasteiger partial charge on any atom is 0.238 e. The zero-order chi connectivity index (χ0) is 17.4. The first-order chi connectivity index (χ1) is 12.1. The maximum atomic E-state index is 12.7. The van der Waals surface area contributed by atoms with Crippen molar-refractivity contribution in [1.29, 1.82) is 0 Å². The van der Waals surface area contributed by atoms with E-state index >= 15 is 0 Å². The van der Waals surface area contributed by atoms with Gasteiger partial charge in [-0.05, 0) is 56.2 Å². The van der Waals surface area contributed by atoms with Crippen LogP contribution in [0.1, 0.15) is 19.8 Å². The van der Waals surface area contributed by atoms with Gasteiger partial charge in [0.2, 0.25) is 11.8 Å². The van der Waals surface area contributed by atoms with Gasteiger partial charge in [0, 0.05) is 0 Å². The largest absolute Gasteiger partial charge is 0.457 e. The fourth-order valence-corrected chi connectivity index (χ4v) is 3.58. The summed E-state index contributed by atoms with van der Waals surface area (Å²) in [6.45, 7) is 2.02. The standard InChI is InChI=1S/C21H19NO3/c1-14-7-12-18-19(13-14)21(24)22(20(18)23)15-8-10-17(11-9-15)25-16-5-3-2-4-6-16/h2-11,18-19H,12-13H2,1H3/t18-,19-/m1/s1. The molecule has 2 atom stereocenters. The van der Waals surface area contributed by atoms with Crippen LogP contribution in [0.15, 0.2) is 66.2 Å². The Kier molecular flexibility index (Phi) is 3.88. The molecule has 2 amide bonds. The molecule has 1 aliphatic heterocycles. The van der Waals surface area contributed by atoms with Crippen LogP contribution in [0.3, 0.4) is 0 Å². The number of allylic oxidation sites excluding steroid dienone is 2. The van der Waals surface area contributed by atoms with Crippen LogP contribution in [0.2, 0.25) is 0 Å². The van der Waals surface area contributed by atoms with E-state index in [-0.39, 0.29) is 23.7 Å². The van der Waals surface area contributed by atoms with Gasteiger partial charge in [0.1, 0.15) is 11.5 Å². The second kappa shape index (κ2) is 6.20. The molecule has 0 radical (unpaired) electrons. The third kappa shape index (κ3) is 2.84. The Hall–Kier alpha value is -2.88. The fraction of sp³-hybridized carbons (Fsp3) is 0.238. The van der Waals surface area contributed by atoms with E-state index in [4.69, 9.17) is 4.74 Å². The lowest BCUT2D eigenvalue weighted by Gasteiger charge is -2.18. The van der Waals surface area contributed by atoms with Crippen molar-refractivity contribution < 1.29 is 14.3 Å². The van der Waals surface area contributed by atoms with Gasteiger partial charge in [0.15, 0.2) is 0 Å². The molecule has 0 unspecified atom stereocenters. The molecule has 1 aliphatic carbocycles. The quantitative estimate of drug-likeness (QED) is 0.620.